The lowest BCUT2D eigenvalue weighted by atomic mass is 9.82. The SMILES string of the molecule is CC1(C)c2ccccc2-c2cc(-n3c4ccccc4c4cc5sc6ccccc6c5cc43)ccc21. The number of aromatic nitrogens is 1. The van der Waals surface area contributed by atoms with Gasteiger partial charge in [-0.1, -0.05) is 80.6 Å². The number of para-hydroxylation sites is 1. The van der Waals surface area contributed by atoms with Crippen LogP contribution in [0.3, 0.4) is 0 Å². The van der Waals surface area contributed by atoms with E-state index in [0.29, 0.717) is 0 Å². The van der Waals surface area contributed by atoms with Crippen molar-refractivity contribution in [3.8, 4) is 16.8 Å². The molecule has 0 fully saturated rings. The first-order valence-electron chi connectivity index (χ1n) is 12.2. The number of thiophene rings is 1. The molecule has 2 heteroatoms. The van der Waals surface area contributed by atoms with Gasteiger partial charge < -0.3 is 4.57 Å². The molecule has 0 amide bonds. The second kappa shape index (κ2) is 6.62. The molecule has 2 aromatic heterocycles. The average Bonchev–Trinajstić information content (AvgIpc) is 3.49. The van der Waals surface area contributed by atoms with E-state index in [9.17, 15) is 0 Å². The molecule has 1 nitrogen and oxygen atoms in total. The summed E-state index contributed by atoms with van der Waals surface area (Å²) in [5, 5.41) is 5.31. The summed E-state index contributed by atoms with van der Waals surface area (Å²) in [4.78, 5) is 0. The zero-order valence-electron chi connectivity index (χ0n) is 19.7. The number of benzene rings is 5. The first kappa shape index (κ1) is 19.4. The predicted octanol–water partition coefficient (Wildman–Crippen LogP) is 9.46. The molecule has 5 aromatic carbocycles. The third-order valence-electron chi connectivity index (χ3n) is 8.00. The Morgan fingerprint density at radius 1 is 0.543 bits per heavy atom. The van der Waals surface area contributed by atoms with Crippen molar-refractivity contribution in [1.29, 1.82) is 0 Å². The van der Waals surface area contributed by atoms with E-state index in [4.69, 9.17) is 0 Å². The molecule has 0 saturated heterocycles. The van der Waals surface area contributed by atoms with Crippen molar-refractivity contribution in [3.63, 3.8) is 0 Å². The fraction of sp³-hybridized carbons (Fsp3) is 0.0909. The fourth-order valence-corrected chi connectivity index (χ4v) is 7.44. The lowest BCUT2D eigenvalue weighted by Gasteiger charge is -2.21. The molecule has 1 aliphatic carbocycles. The van der Waals surface area contributed by atoms with E-state index in [0.717, 1.165) is 0 Å². The Labute approximate surface area is 207 Å². The van der Waals surface area contributed by atoms with Crippen LogP contribution >= 0.6 is 11.3 Å². The van der Waals surface area contributed by atoms with E-state index in [1.165, 1.54) is 69.9 Å². The van der Waals surface area contributed by atoms with Gasteiger partial charge in [-0.25, -0.2) is 0 Å². The zero-order valence-corrected chi connectivity index (χ0v) is 20.5. The molecule has 0 spiro atoms. The third kappa shape index (κ3) is 2.47. The Morgan fingerprint density at radius 2 is 1.29 bits per heavy atom. The highest BCUT2D eigenvalue weighted by atomic mass is 32.1. The normalized spacial score (nSPS) is 14.2. The molecule has 0 unspecified atom stereocenters. The monoisotopic (exact) mass is 465 g/mol. The number of hydrogen-bond donors (Lipinski definition) is 0. The molecular formula is C33H23NS. The van der Waals surface area contributed by atoms with Crippen molar-refractivity contribution in [1.82, 2.24) is 4.57 Å². The minimum absolute atomic E-state index is 0.0209. The van der Waals surface area contributed by atoms with Crippen LogP contribution in [0, 0.1) is 0 Å². The quantitative estimate of drug-likeness (QED) is 0.227. The molecule has 0 atom stereocenters. The van der Waals surface area contributed by atoms with Crippen molar-refractivity contribution in [2.24, 2.45) is 0 Å². The highest BCUT2D eigenvalue weighted by molar-refractivity contribution is 7.25. The molecule has 35 heavy (non-hydrogen) atoms. The molecule has 0 aliphatic heterocycles. The molecule has 0 saturated carbocycles. The van der Waals surface area contributed by atoms with Gasteiger partial charge in [0.1, 0.15) is 0 Å². The van der Waals surface area contributed by atoms with Crippen LogP contribution < -0.4 is 0 Å². The highest BCUT2D eigenvalue weighted by Gasteiger charge is 2.35. The van der Waals surface area contributed by atoms with Crippen LogP contribution in [-0.2, 0) is 5.41 Å². The minimum atomic E-state index is 0.0209. The molecule has 0 N–H and O–H groups in total. The van der Waals surface area contributed by atoms with E-state index < -0.39 is 0 Å². The smallest absolute Gasteiger partial charge is 0.0548 e. The predicted molar refractivity (Wildman–Crippen MR) is 151 cm³/mol. The van der Waals surface area contributed by atoms with Gasteiger partial charge in [-0.05, 0) is 58.7 Å². The molecule has 7 aromatic rings. The van der Waals surface area contributed by atoms with Crippen LogP contribution in [0.5, 0.6) is 0 Å². The first-order chi connectivity index (χ1) is 17.1. The van der Waals surface area contributed by atoms with Crippen molar-refractivity contribution in [2.45, 2.75) is 19.3 Å². The lowest BCUT2D eigenvalue weighted by molar-refractivity contribution is 0.660. The third-order valence-corrected chi connectivity index (χ3v) is 9.13. The highest BCUT2D eigenvalue weighted by Crippen LogP contribution is 2.49. The summed E-state index contributed by atoms with van der Waals surface area (Å²) in [6, 6.07) is 38.4. The number of fused-ring (bicyclic) bond motifs is 9. The zero-order chi connectivity index (χ0) is 23.3. The van der Waals surface area contributed by atoms with Crippen LogP contribution in [0.1, 0.15) is 25.0 Å². The Bertz CT molecular complexity index is 1980. The Hall–Kier alpha value is -3.88. The summed E-state index contributed by atoms with van der Waals surface area (Å²) in [5.74, 6) is 0. The largest absolute Gasteiger partial charge is 0.309 e. The van der Waals surface area contributed by atoms with Gasteiger partial charge in [0.05, 0.1) is 11.0 Å². The van der Waals surface area contributed by atoms with Crippen LogP contribution in [0.2, 0.25) is 0 Å². The summed E-state index contributed by atoms with van der Waals surface area (Å²) in [6.45, 7) is 4.69. The van der Waals surface area contributed by atoms with Crippen LogP contribution in [0.25, 0.3) is 58.8 Å². The molecule has 0 radical (unpaired) electrons. The van der Waals surface area contributed by atoms with Gasteiger partial charge in [0.15, 0.2) is 0 Å². The van der Waals surface area contributed by atoms with Crippen LogP contribution in [0.15, 0.2) is 103 Å². The van der Waals surface area contributed by atoms with Gasteiger partial charge in [-0.2, -0.15) is 0 Å². The molecule has 8 rings (SSSR count). The second-order valence-corrected chi connectivity index (χ2v) is 11.3. The number of rotatable bonds is 1. The maximum Gasteiger partial charge on any atom is 0.0548 e. The van der Waals surface area contributed by atoms with Gasteiger partial charge in [0.25, 0.3) is 0 Å². The number of nitrogens with zero attached hydrogens (tertiary/aromatic N) is 1. The molecule has 166 valence electrons. The Morgan fingerprint density at radius 3 is 2.20 bits per heavy atom. The molecule has 0 bridgehead atoms. The molecular weight excluding hydrogens is 442 g/mol. The summed E-state index contributed by atoms with van der Waals surface area (Å²) < 4.78 is 5.17. The van der Waals surface area contributed by atoms with Gasteiger partial charge in [-0.15, -0.1) is 11.3 Å². The van der Waals surface area contributed by atoms with E-state index in [1.54, 1.807) is 0 Å². The summed E-state index contributed by atoms with van der Waals surface area (Å²) in [5.41, 5.74) is 9.32. The van der Waals surface area contributed by atoms with E-state index >= 15 is 0 Å². The van der Waals surface area contributed by atoms with E-state index in [2.05, 4.69) is 122 Å². The standard InChI is InChI=1S/C33H23NS/c1-33(2)27-12-6-3-9-21(27)24-17-20(15-16-28(24)33)34-29-13-7-4-10-22(29)25-19-32-26(18-30(25)34)23-11-5-8-14-31(23)35-32/h3-19H,1-2H3. The van der Waals surface area contributed by atoms with Crippen LogP contribution in [0.4, 0.5) is 0 Å². The van der Waals surface area contributed by atoms with Crippen molar-refractivity contribution in [2.75, 3.05) is 0 Å². The van der Waals surface area contributed by atoms with Crippen molar-refractivity contribution >= 4 is 53.3 Å². The topological polar surface area (TPSA) is 4.93 Å². The Balaban J connectivity index is 1.48. The second-order valence-electron chi connectivity index (χ2n) is 10.2. The average molecular weight is 466 g/mol. The number of hydrogen-bond acceptors (Lipinski definition) is 1. The lowest BCUT2D eigenvalue weighted by Crippen LogP contribution is -2.14. The molecule has 1 aliphatic rings. The van der Waals surface area contributed by atoms with Gasteiger partial charge in [0.2, 0.25) is 0 Å². The van der Waals surface area contributed by atoms with Gasteiger partial charge in [0, 0.05) is 42.0 Å². The van der Waals surface area contributed by atoms with Crippen molar-refractivity contribution in [3.05, 3.63) is 114 Å². The van der Waals surface area contributed by atoms with Gasteiger partial charge in [-0.3, -0.25) is 0 Å². The fourth-order valence-electron chi connectivity index (χ4n) is 6.31. The van der Waals surface area contributed by atoms with Crippen molar-refractivity contribution < 1.29 is 0 Å². The maximum atomic E-state index is 2.46. The Kier molecular flexibility index (Phi) is 3.67. The summed E-state index contributed by atoms with van der Waals surface area (Å²) in [7, 11) is 0. The molecule has 2 heterocycles. The van der Waals surface area contributed by atoms with E-state index in [-0.39, 0.29) is 5.41 Å². The van der Waals surface area contributed by atoms with Gasteiger partial charge >= 0.3 is 0 Å². The maximum absolute atomic E-state index is 2.46. The first-order valence-corrected chi connectivity index (χ1v) is 13.0. The summed E-state index contributed by atoms with van der Waals surface area (Å²) in [6.07, 6.45) is 0. The summed E-state index contributed by atoms with van der Waals surface area (Å²) >= 11 is 1.89. The minimum Gasteiger partial charge on any atom is -0.309 e. The van der Waals surface area contributed by atoms with Crippen LogP contribution in [-0.4, -0.2) is 4.57 Å². The van der Waals surface area contributed by atoms with E-state index in [1.807, 2.05) is 11.3 Å².